The summed E-state index contributed by atoms with van der Waals surface area (Å²) in [4.78, 5) is 16.8. The Bertz CT molecular complexity index is 1020. The monoisotopic (exact) mass is 409 g/mol. The van der Waals surface area contributed by atoms with Crippen molar-refractivity contribution < 1.29 is 17.6 Å². The van der Waals surface area contributed by atoms with Gasteiger partial charge in [-0.15, -0.1) is 0 Å². The summed E-state index contributed by atoms with van der Waals surface area (Å²) in [6, 6.07) is 5.59. The topological polar surface area (TPSA) is 101 Å². The molecule has 144 valence electrons. The van der Waals surface area contributed by atoms with Gasteiger partial charge in [-0.2, -0.15) is 0 Å². The molecule has 27 heavy (non-hydrogen) atoms. The molecule has 1 unspecified atom stereocenters. The fraction of sp³-hybridized carbons (Fsp3) is 0.556. The third kappa shape index (κ3) is 3.13. The molecule has 1 aromatic heterocycles. The molecule has 3 fully saturated rings. The van der Waals surface area contributed by atoms with Crippen molar-refractivity contribution in [3.05, 3.63) is 29.1 Å². The number of fused-ring (bicyclic) bond motifs is 1. The maximum Gasteiger partial charge on any atom is 0.225 e. The molecule has 2 heterocycles. The van der Waals surface area contributed by atoms with Crippen LogP contribution in [0.3, 0.4) is 0 Å². The molecule has 2 N–H and O–H groups in total. The average molecular weight is 410 g/mol. The fourth-order valence-corrected chi connectivity index (χ4v) is 6.31. The van der Waals surface area contributed by atoms with E-state index in [1.165, 1.54) is 0 Å². The van der Waals surface area contributed by atoms with Gasteiger partial charge in [-0.3, -0.25) is 4.79 Å². The Morgan fingerprint density at radius 3 is 2.78 bits per heavy atom. The molecular formula is C18H20ClN3O4S. The normalized spacial score (nSPS) is 34.3. The number of amides is 1. The van der Waals surface area contributed by atoms with Gasteiger partial charge in [0, 0.05) is 23.5 Å². The highest BCUT2D eigenvalue weighted by Crippen LogP contribution is 2.61. The minimum Gasteiger partial charge on any atom is -0.440 e. The molecule has 2 aromatic rings. The second-order valence-electron chi connectivity index (χ2n) is 8.21. The first kappa shape index (κ1) is 17.5. The number of oxazole rings is 1. The van der Waals surface area contributed by atoms with Gasteiger partial charge in [-0.25, -0.2) is 18.1 Å². The lowest BCUT2D eigenvalue weighted by Gasteiger charge is -2.57. The van der Waals surface area contributed by atoms with Crippen LogP contribution in [0, 0.1) is 11.3 Å². The van der Waals surface area contributed by atoms with Gasteiger partial charge in [-0.1, -0.05) is 11.6 Å². The van der Waals surface area contributed by atoms with Crippen LogP contribution in [-0.2, 0) is 14.8 Å². The third-order valence-electron chi connectivity index (χ3n) is 6.12. The standard InChI is InChI=1S/C18H20ClN3O4S/c19-12-1-2-15-14(3-12)22-17(26-15)10-4-18(5-10)6-13(7-18)21-16(23)11-8-20-27(24,25)9-11/h1-3,10-11,13,20H,4-9H2,(H,21,23). The van der Waals surface area contributed by atoms with Crippen LogP contribution in [0.2, 0.25) is 5.02 Å². The molecule has 3 aliphatic rings. The SMILES string of the molecule is O=C(NC1CC2(C1)CC(c1nc3cc(Cl)ccc3o1)C2)C1CNS(=O)(=O)C1. The summed E-state index contributed by atoms with van der Waals surface area (Å²) in [6.45, 7) is 0.204. The van der Waals surface area contributed by atoms with Gasteiger partial charge in [0.15, 0.2) is 11.5 Å². The summed E-state index contributed by atoms with van der Waals surface area (Å²) in [6.07, 6.45) is 3.90. The molecular weight excluding hydrogens is 390 g/mol. The average Bonchev–Trinajstić information content (AvgIpc) is 3.10. The number of hydrogen-bond donors (Lipinski definition) is 2. The molecule has 1 saturated heterocycles. The van der Waals surface area contributed by atoms with Crippen LogP contribution < -0.4 is 10.0 Å². The minimum atomic E-state index is -3.27. The van der Waals surface area contributed by atoms with Crippen molar-refractivity contribution in [3.63, 3.8) is 0 Å². The van der Waals surface area contributed by atoms with E-state index < -0.39 is 15.9 Å². The summed E-state index contributed by atoms with van der Waals surface area (Å²) >= 11 is 6.00. The predicted octanol–water partition coefficient (Wildman–Crippen LogP) is 2.17. The van der Waals surface area contributed by atoms with Crippen molar-refractivity contribution in [2.75, 3.05) is 12.3 Å². The number of sulfonamides is 1. The van der Waals surface area contributed by atoms with E-state index in [-0.39, 0.29) is 29.7 Å². The predicted molar refractivity (Wildman–Crippen MR) is 99.9 cm³/mol. The van der Waals surface area contributed by atoms with E-state index in [2.05, 4.69) is 15.0 Å². The second kappa shape index (κ2) is 5.93. The van der Waals surface area contributed by atoms with Crippen LogP contribution in [0.25, 0.3) is 11.1 Å². The Labute approximate surface area is 161 Å². The zero-order chi connectivity index (χ0) is 18.8. The Balaban J connectivity index is 1.15. The largest absolute Gasteiger partial charge is 0.440 e. The second-order valence-corrected chi connectivity index (χ2v) is 10.5. The van der Waals surface area contributed by atoms with E-state index in [0.717, 1.165) is 42.7 Å². The van der Waals surface area contributed by atoms with E-state index in [1.807, 2.05) is 12.1 Å². The van der Waals surface area contributed by atoms with Crippen molar-refractivity contribution in [2.45, 2.75) is 37.6 Å². The number of benzene rings is 1. The van der Waals surface area contributed by atoms with Crippen LogP contribution in [-0.4, -0.2) is 37.6 Å². The fourth-order valence-electron chi connectivity index (χ4n) is 4.77. The molecule has 9 heteroatoms. The lowest BCUT2D eigenvalue weighted by atomic mass is 9.50. The van der Waals surface area contributed by atoms with Crippen LogP contribution in [0.1, 0.15) is 37.5 Å². The van der Waals surface area contributed by atoms with Gasteiger partial charge < -0.3 is 9.73 Å². The maximum absolute atomic E-state index is 12.2. The van der Waals surface area contributed by atoms with Crippen molar-refractivity contribution in [1.29, 1.82) is 0 Å². The van der Waals surface area contributed by atoms with Crippen molar-refractivity contribution >= 4 is 38.6 Å². The van der Waals surface area contributed by atoms with Crippen LogP contribution in [0.5, 0.6) is 0 Å². The van der Waals surface area contributed by atoms with E-state index in [4.69, 9.17) is 16.0 Å². The quantitative estimate of drug-likeness (QED) is 0.809. The molecule has 2 aliphatic carbocycles. The first-order valence-electron chi connectivity index (χ1n) is 9.15. The van der Waals surface area contributed by atoms with Gasteiger partial charge >= 0.3 is 0 Å². The Morgan fingerprint density at radius 1 is 1.30 bits per heavy atom. The van der Waals surface area contributed by atoms with Gasteiger partial charge in [0.1, 0.15) is 5.52 Å². The number of nitrogens with one attached hydrogen (secondary N) is 2. The third-order valence-corrected chi connectivity index (χ3v) is 7.80. The summed E-state index contributed by atoms with van der Waals surface area (Å²) in [5.74, 6) is 0.340. The highest BCUT2D eigenvalue weighted by atomic mass is 35.5. The highest BCUT2D eigenvalue weighted by molar-refractivity contribution is 7.89. The smallest absolute Gasteiger partial charge is 0.225 e. The van der Waals surface area contributed by atoms with Gasteiger partial charge in [-0.05, 0) is 49.3 Å². The summed E-state index contributed by atoms with van der Waals surface area (Å²) in [5.41, 5.74) is 1.81. The Morgan fingerprint density at radius 2 is 2.07 bits per heavy atom. The Hall–Kier alpha value is -1.64. The first-order chi connectivity index (χ1) is 12.8. The van der Waals surface area contributed by atoms with Crippen LogP contribution >= 0.6 is 11.6 Å². The molecule has 1 aliphatic heterocycles. The van der Waals surface area contributed by atoms with E-state index >= 15 is 0 Å². The van der Waals surface area contributed by atoms with Gasteiger partial charge in [0.25, 0.3) is 0 Å². The lowest BCUT2D eigenvalue weighted by Crippen LogP contribution is -2.56. The molecule has 1 amide bonds. The number of carbonyl (C=O) groups excluding carboxylic acids is 1. The van der Waals surface area contributed by atoms with Crippen molar-refractivity contribution in [3.8, 4) is 0 Å². The first-order valence-corrected chi connectivity index (χ1v) is 11.2. The molecule has 2 saturated carbocycles. The van der Waals surface area contributed by atoms with Crippen molar-refractivity contribution in [2.24, 2.45) is 11.3 Å². The molecule has 0 bridgehead atoms. The zero-order valence-corrected chi connectivity index (χ0v) is 16.1. The number of hydrogen-bond acceptors (Lipinski definition) is 5. The number of halogens is 1. The summed E-state index contributed by atoms with van der Waals surface area (Å²) < 4.78 is 31.1. The summed E-state index contributed by atoms with van der Waals surface area (Å²) in [5, 5.41) is 3.65. The van der Waals surface area contributed by atoms with E-state index in [9.17, 15) is 13.2 Å². The van der Waals surface area contributed by atoms with Crippen LogP contribution in [0.4, 0.5) is 0 Å². The number of nitrogens with zero attached hydrogens (tertiary/aromatic N) is 1. The molecule has 1 atom stereocenters. The zero-order valence-electron chi connectivity index (χ0n) is 14.6. The van der Waals surface area contributed by atoms with Gasteiger partial charge in [0.05, 0.1) is 11.7 Å². The molecule has 0 radical (unpaired) electrons. The van der Waals surface area contributed by atoms with Crippen LogP contribution in [0.15, 0.2) is 22.6 Å². The Kier molecular flexibility index (Phi) is 3.83. The van der Waals surface area contributed by atoms with E-state index in [0.29, 0.717) is 10.9 Å². The van der Waals surface area contributed by atoms with Gasteiger partial charge in [0.2, 0.25) is 15.9 Å². The summed E-state index contributed by atoms with van der Waals surface area (Å²) in [7, 11) is -3.27. The molecule has 5 rings (SSSR count). The minimum absolute atomic E-state index is 0.111. The van der Waals surface area contributed by atoms with Crippen molar-refractivity contribution in [1.82, 2.24) is 15.0 Å². The molecule has 7 nitrogen and oxygen atoms in total. The highest BCUT2D eigenvalue weighted by Gasteiger charge is 2.55. The lowest BCUT2D eigenvalue weighted by molar-refractivity contribution is -0.127. The van der Waals surface area contributed by atoms with E-state index in [1.54, 1.807) is 6.07 Å². The number of aromatic nitrogens is 1. The number of carbonyl (C=O) groups is 1. The maximum atomic E-state index is 12.2. The molecule has 1 spiro atoms. The number of rotatable bonds is 3. The molecule has 1 aromatic carbocycles.